The summed E-state index contributed by atoms with van der Waals surface area (Å²) in [6.45, 7) is 9.39. The van der Waals surface area contributed by atoms with Crippen LogP contribution in [0, 0.1) is 5.92 Å². The lowest BCUT2D eigenvalue weighted by atomic mass is 10.2. The molecule has 1 atom stereocenters. The fraction of sp³-hybridized carbons (Fsp3) is 0.778. The lowest BCUT2D eigenvalue weighted by Gasteiger charge is -2.23. The van der Waals surface area contributed by atoms with E-state index in [1.165, 1.54) is 6.54 Å². The molecule has 0 aromatic heterocycles. The minimum Gasteiger partial charge on any atom is -0.294 e. The first kappa shape index (κ1) is 11.4. The van der Waals surface area contributed by atoms with Crippen LogP contribution in [0.4, 0.5) is 0 Å². The van der Waals surface area contributed by atoms with Gasteiger partial charge in [0.15, 0.2) is 0 Å². The molecule has 0 saturated carbocycles. The molecule has 0 aromatic carbocycles. The van der Waals surface area contributed by atoms with E-state index < -0.39 is 0 Å². The second kappa shape index (κ2) is 6.00. The van der Waals surface area contributed by atoms with Crippen molar-refractivity contribution in [3.63, 3.8) is 0 Å². The fourth-order valence-electron chi connectivity index (χ4n) is 1.01. The molecule has 0 bridgehead atoms. The molecule has 0 radical (unpaired) electrons. The Morgan fingerprint density at radius 2 is 2.09 bits per heavy atom. The zero-order valence-electron chi connectivity index (χ0n) is 7.68. The van der Waals surface area contributed by atoms with Crippen molar-refractivity contribution in [2.75, 3.05) is 13.6 Å². The Balaban J connectivity index is 3.62. The Bertz CT molecular complexity index is 112. The van der Waals surface area contributed by atoms with Gasteiger partial charge in [0, 0.05) is 6.54 Å². The van der Waals surface area contributed by atoms with Gasteiger partial charge in [0.25, 0.3) is 0 Å². The standard InChI is InChI=1S/C9H18IN/c1-5-6-9(10)11(4)7-8(2)3/h5,8-9H,1,6-7H2,2-4H3. The van der Waals surface area contributed by atoms with Gasteiger partial charge in [-0.3, -0.25) is 4.90 Å². The van der Waals surface area contributed by atoms with Crippen molar-refractivity contribution in [2.24, 2.45) is 5.92 Å². The van der Waals surface area contributed by atoms with E-state index in [9.17, 15) is 0 Å². The van der Waals surface area contributed by atoms with Crippen LogP contribution < -0.4 is 0 Å². The average molecular weight is 267 g/mol. The van der Waals surface area contributed by atoms with Gasteiger partial charge in [0.1, 0.15) is 0 Å². The van der Waals surface area contributed by atoms with Gasteiger partial charge in [0.2, 0.25) is 0 Å². The minimum atomic E-state index is 0.604. The van der Waals surface area contributed by atoms with Crippen LogP contribution in [0.3, 0.4) is 0 Å². The van der Waals surface area contributed by atoms with Crippen LogP contribution in [0.1, 0.15) is 20.3 Å². The lowest BCUT2D eigenvalue weighted by molar-refractivity contribution is 0.289. The minimum absolute atomic E-state index is 0.604. The molecular weight excluding hydrogens is 249 g/mol. The SMILES string of the molecule is C=CCC(I)N(C)CC(C)C. The summed E-state index contributed by atoms with van der Waals surface area (Å²) in [7, 11) is 2.17. The van der Waals surface area contributed by atoms with Gasteiger partial charge in [-0.05, 0) is 19.4 Å². The first-order valence-electron chi connectivity index (χ1n) is 4.03. The molecule has 0 spiro atoms. The van der Waals surface area contributed by atoms with Crippen molar-refractivity contribution in [3.8, 4) is 0 Å². The maximum atomic E-state index is 3.73. The summed E-state index contributed by atoms with van der Waals surface area (Å²) in [5.41, 5.74) is 0. The van der Waals surface area contributed by atoms with E-state index in [4.69, 9.17) is 0 Å². The summed E-state index contributed by atoms with van der Waals surface area (Å²) in [5.74, 6) is 0.752. The smallest absolute Gasteiger partial charge is 0.0650 e. The molecule has 0 saturated heterocycles. The van der Waals surface area contributed by atoms with Crippen LogP contribution in [0.25, 0.3) is 0 Å². The Labute approximate surface area is 84.0 Å². The molecule has 1 unspecified atom stereocenters. The van der Waals surface area contributed by atoms with Crippen LogP contribution in [0.2, 0.25) is 0 Å². The van der Waals surface area contributed by atoms with Crippen molar-refractivity contribution in [1.29, 1.82) is 0 Å². The summed E-state index contributed by atoms with van der Waals surface area (Å²) in [6.07, 6.45) is 3.05. The number of rotatable bonds is 5. The highest BCUT2D eigenvalue weighted by Gasteiger charge is 2.09. The van der Waals surface area contributed by atoms with Gasteiger partial charge in [0.05, 0.1) is 4.05 Å². The fourth-order valence-corrected chi connectivity index (χ4v) is 1.59. The Morgan fingerprint density at radius 3 is 2.45 bits per heavy atom. The molecule has 11 heavy (non-hydrogen) atoms. The second-order valence-electron chi connectivity index (χ2n) is 3.29. The lowest BCUT2D eigenvalue weighted by Crippen LogP contribution is -2.29. The van der Waals surface area contributed by atoms with Gasteiger partial charge in [-0.1, -0.05) is 42.5 Å². The molecule has 0 aliphatic heterocycles. The monoisotopic (exact) mass is 267 g/mol. The summed E-state index contributed by atoms with van der Waals surface area (Å²) in [6, 6.07) is 0. The molecule has 0 aliphatic rings. The summed E-state index contributed by atoms with van der Waals surface area (Å²) >= 11 is 2.46. The normalized spacial score (nSPS) is 14.0. The summed E-state index contributed by atoms with van der Waals surface area (Å²) in [4.78, 5) is 2.37. The maximum absolute atomic E-state index is 3.73. The van der Waals surface area contributed by atoms with Gasteiger partial charge < -0.3 is 0 Å². The highest BCUT2D eigenvalue weighted by atomic mass is 127. The van der Waals surface area contributed by atoms with Crippen molar-refractivity contribution in [2.45, 2.75) is 24.3 Å². The zero-order chi connectivity index (χ0) is 8.85. The summed E-state index contributed by atoms with van der Waals surface area (Å²) < 4.78 is 0.604. The molecule has 66 valence electrons. The van der Waals surface area contributed by atoms with Crippen molar-refractivity contribution in [3.05, 3.63) is 12.7 Å². The molecular formula is C9H18IN. The van der Waals surface area contributed by atoms with E-state index in [0.29, 0.717) is 4.05 Å². The maximum Gasteiger partial charge on any atom is 0.0650 e. The van der Waals surface area contributed by atoms with Gasteiger partial charge in [-0.15, -0.1) is 6.58 Å². The van der Waals surface area contributed by atoms with Crippen LogP contribution in [0.15, 0.2) is 12.7 Å². The Morgan fingerprint density at radius 1 is 1.55 bits per heavy atom. The molecule has 0 aromatic rings. The molecule has 0 aliphatic carbocycles. The predicted molar refractivity (Wildman–Crippen MR) is 60.1 cm³/mol. The summed E-state index contributed by atoms with van der Waals surface area (Å²) in [5, 5.41) is 0. The van der Waals surface area contributed by atoms with E-state index >= 15 is 0 Å². The van der Waals surface area contributed by atoms with E-state index in [-0.39, 0.29) is 0 Å². The van der Waals surface area contributed by atoms with Crippen LogP contribution in [0.5, 0.6) is 0 Å². The number of alkyl halides is 1. The highest BCUT2D eigenvalue weighted by Crippen LogP contribution is 2.12. The molecule has 1 nitrogen and oxygen atoms in total. The molecule has 2 heteroatoms. The third-order valence-corrected chi connectivity index (χ3v) is 2.95. The average Bonchev–Trinajstić information content (AvgIpc) is 1.86. The third kappa shape index (κ3) is 5.67. The molecule has 0 fully saturated rings. The second-order valence-corrected chi connectivity index (χ2v) is 4.73. The quantitative estimate of drug-likeness (QED) is 0.320. The van der Waals surface area contributed by atoms with E-state index in [1.807, 2.05) is 6.08 Å². The Hall–Kier alpha value is 0.430. The molecule has 0 heterocycles. The van der Waals surface area contributed by atoms with E-state index in [0.717, 1.165) is 12.3 Å². The van der Waals surface area contributed by atoms with Gasteiger partial charge >= 0.3 is 0 Å². The van der Waals surface area contributed by atoms with Crippen LogP contribution >= 0.6 is 22.6 Å². The Kier molecular flexibility index (Phi) is 6.24. The number of hydrogen-bond donors (Lipinski definition) is 0. The number of hydrogen-bond acceptors (Lipinski definition) is 1. The van der Waals surface area contributed by atoms with Gasteiger partial charge in [-0.25, -0.2) is 0 Å². The van der Waals surface area contributed by atoms with Gasteiger partial charge in [-0.2, -0.15) is 0 Å². The first-order chi connectivity index (χ1) is 5.07. The van der Waals surface area contributed by atoms with Crippen LogP contribution in [-0.4, -0.2) is 22.5 Å². The molecule has 0 rings (SSSR count). The number of halogens is 1. The predicted octanol–water partition coefficient (Wildman–Crippen LogP) is 2.91. The topological polar surface area (TPSA) is 3.24 Å². The highest BCUT2D eigenvalue weighted by molar-refractivity contribution is 14.1. The van der Waals surface area contributed by atoms with E-state index in [1.54, 1.807) is 0 Å². The van der Waals surface area contributed by atoms with Crippen molar-refractivity contribution < 1.29 is 0 Å². The van der Waals surface area contributed by atoms with Crippen molar-refractivity contribution in [1.82, 2.24) is 4.90 Å². The van der Waals surface area contributed by atoms with Crippen LogP contribution in [-0.2, 0) is 0 Å². The first-order valence-corrected chi connectivity index (χ1v) is 5.27. The molecule has 0 N–H and O–H groups in total. The largest absolute Gasteiger partial charge is 0.294 e. The molecule has 0 amide bonds. The van der Waals surface area contributed by atoms with Crippen molar-refractivity contribution >= 4 is 22.6 Å². The third-order valence-electron chi connectivity index (χ3n) is 1.49. The van der Waals surface area contributed by atoms with E-state index in [2.05, 4.69) is 55.0 Å². The zero-order valence-corrected chi connectivity index (χ0v) is 9.84. The number of nitrogens with zero attached hydrogens (tertiary/aromatic N) is 1.